The number of hydrogen-bond donors (Lipinski definition) is 1. The highest BCUT2D eigenvalue weighted by atomic mass is 35.5. The summed E-state index contributed by atoms with van der Waals surface area (Å²) in [6, 6.07) is 10.3. The molecule has 0 radical (unpaired) electrons. The second kappa shape index (κ2) is 11.5. The van der Waals surface area contributed by atoms with Gasteiger partial charge in [0.25, 0.3) is 0 Å². The van der Waals surface area contributed by atoms with Crippen LogP contribution in [0.5, 0.6) is 0 Å². The summed E-state index contributed by atoms with van der Waals surface area (Å²) in [4.78, 5) is 28.2. The maximum Gasteiger partial charge on any atom is 0.238 e. The SMILES string of the molecule is CC(=O)N(C)C.CN1CCC2(CC1)NCC(=O)N2Cc1ccccc1.Cl.Cl. The topological polar surface area (TPSA) is 55.9 Å². The molecule has 2 heterocycles. The lowest BCUT2D eigenvalue weighted by molar-refractivity contribution is -0.132. The molecule has 0 bridgehead atoms. The lowest BCUT2D eigenvalue weighted by Crippen LogP contribution is -2.57. The van der Waals surface area contributed by atoms with Crippen LogP contribution in [-0.4, -0.2) is 73.0 Å². The van der Waals surface area contributed by atoms with Crippen molar-refractivity contribution < 1.29 is 9.59 Å². The first kappa shape index (κ1) is 25.7. The van der Waals surface area contributed by atoms with Gasteiger partial charge < -0.3 is 14.7 Å². The predicted molar refractivity (Wildman–Crippen MR) is 113 cm³/mol. The molecule has 8 heteroatoms. The molecule has 2 aliphatic rings. The van der Waals surface area contributed by atoms with Crippen molar-refractivity contribution in [2.24, 2.45) is 0 Å². The van der Waals surface area contributed by atoms with Crippen molar-refractivity contribution in [1.82, 2.24) is 20.0 Å². The van der Waals surface area contributed by atoms with E-state index in [-0.39, 0.29) is 42.3 Å². The first-order valence-corrected chi connectivity index (χ1v) is 8.80. The first-order valence-electron chi connectivity index (χ1n) is 8.80. The van der Waals surface area contributed by atoms with Crippen LogP contribution in [0.3, 0.4) is 0 Å². The highest BCUT2D eigenvalue weighted by Gasteiger charge is 2.46. The Morgan fingerprint density at radius 3 is 2.15 bits per heavy atom. The Balaban J connectivity index is 0.000000744. The van der Waals surface area contributed by atoms with Crippen LogP contribution in [0.4, 0.5) is 0 Å². The number of halogens is 2. The van der Waals surface area contributed by atoms with Gasteiger partial charge in [0, 0.05) is 40.7 Å². The van der Waals surface area contributed by atoms with Gasteiger partial charge in [0.15, 0.2) is 0 Å². The van der Waals surface area contributed by atoms with E-state index in [2.05, 4.69) is 34.3 Å². The molecule has 2 aliphatic heterocycles. The number of likely N-dealkylation sites (tertiary alicyclic amines) is 1. The molecule has 1 spiro atoms. The minimum Gasteiger partial charge on any atom is -0.349 e. The van der Waals surface area contributed by atoms with E-state index in [0.717, 1.165) is 32.5 Å². The van der Waals surface area contributed by atoms with E-state index in [1.807, 2.05) is 18.2 Å². The number of benzene rings is 1. The molecule has 2 fully saturated rings. The summed E-state index contributed by atoms with van der Waals surface area (Å²) in [6.45, 7) is 4.82. The van der Waals surface area contributed by atoms with Gasteiger partial charge in [0.2, 0.25) is 11.8 Å². The Bertz CT molecular complexity index is 591. The Kier molecular flexibility index (Phi) is 10.9. The zero-order chi connectivity index (χ0) is 18.4. The second-order valence-electron chi connectivity index (χ2n) is 7.07. The fourth-order valence-electron chi connectivity index (χ4n) is 3.11. The third-order valence-electron chi connectivity index (χ3n) is 5.01. The minimum atomic E-state index is -0.112. The molecule has 27 heavy (non-hydrogen) atoms. The van der Waals surface area contributed by atoms with Crippen LogP contribution in [0.2, 0.25) is 0 Å². The normalized spacial score (nSPS) is 18.1. The number of amides is 2. The molecule has 1 aromatic carbocycles. The molecule has 154 valence electrons. The number of carbonyl (C=O) groups excluding carboxylic acids is 2. The quantitative estimate of drug-likeness (QED) is 0.797. The van der Waals surface area contributed by atoms with Gasteiger partial charge in [-0.25, -0.2) is 0 Å². The largest absolute Gasteiger partial charge is 0.349 e. The van der Waals surface area contributed by atoms with Gasteiger partial charge in [0.1, 0.15) is 0 Å². The van der Waals surface area contributed by atoms with E-state index in [9.17, 15) is 9.59 Å². The van der Waals surface area contributed by atoms with Crippen LogP contribution in [-0.2, 0) is 16.1 Å². The van der Waals surface area contributed by atoms with Crippen molar-refractivity contribution in [3.63, 3.8) is 0 Å². The zero-order valence-corrected chi connectivity index (χ0v) is 18.2. The van der Waals surface area contributed by atoms with Crippen molar-refractivity contribution in [3.05, 3.63) is 35.9 Å². The average Bonchev–Trinajstić information content (AvgIpc) is 2.89. The molecule has 0 aliphatic carbocycles. The number of carbonyl (C=O) groups is 2. The lowest BCUT2D eigenvalue weighted by atomic mass is 9.96. The minimum absolute atomic E-state index is 0. The number of rotatable bonds is 2. The Morgan fingerprint density at radius 1 is 1.15 bits per heavy atom. The third kappa shape index (κ3) is 6.96. The summed E-state index contributed by atoms with van der Waals surface area (Å²) < 4.78 is 0. The Morgan fingerprint density at radius 2 is 1.67 bits per heavy atom. The molecule has 1 N–H and O–H groups in total. The van der Waals surface area contributed by atoms with Crippen LogP contribution < -0.4 is 5.32 Å². The van der Waals surface area contributed by atoms with Crippen LogP contribution >= 0.6 is 24.8 Å². The van der Waals surface area contributed by atoms with Gasteiger partial charge in [-0.15, -0.1) is 24.8 Å². The summed E-state index contributed by atoms with van der Waals surface area (Å²) in [5.41, 5.74) is 1.09. The molecule has 2 amide bonds. The van der Waals surface area contributed by atoms with E-state index < -0.39 is 0 Å². The monoisotopic (exact) mass is 418 g/mol. The van der Waals surface area contributed by atoms with Crippen LogP contribution in [0.15, 0.2) is 30.3 Å². The maximum absolute atomic E-state index is 12.2. The predicted octanol–water partition coefficient (Wildman–Crippen LogP) is 1.98. The Labute approximate surface area is 175 Å². The van der Waals surface area contributed by atoms with Crippen molar-refractivity contribution in [1.29, 1.82) is 0 Å². The fourth-order valence-corrected chi connectivity index (χ4v) is 3.11. The van der Waals surface area contributed by atoms with Crippen molar-refractivity contribution in [3.8, 4) is 0 Å². The average molecular weight is 419 g/mol. The van der Waals surface area contributed by atoms with Gasteiger partial charge in [-0.2, -0.15) is 0 Å². The molecular formula is C19H32Cl2N4O2. The van der Waals surface area contributed by atoms with Crippen molar-refractivity contribution in [2.45, 2.75) is 32.0 Å². The Hall–Kier alpha value is -1.34. The maximum atomic E-state index is 12.2. The summed E-state index contributed by atoms with van der Waals surface area (Å²) in [7, 11) is 5.59. The van der Waals surface area contributed by atoms with Crippen LogP contribution in [0.1, 0.15) is 25.3 Å². The van der Waals surface area contributed by atoms with Gasteiger partial charge in [-0.3, -0.25) is 14.9 Å². The molecule has 0 atom stereocenters. The second-order valence-corrected chi connectivity index (χ2v) is 7.07. The summed E-state index contributed by atoms with van der Waals surface area (Å²) in [5.74, 6) is 0.323. The molecule has 0 unspecified atom stereocenters. The fraction of sp³-hybridized carbons (Fsp3) is 0.579. The number of hydrogen-bond acceptors (Lipinski definition) is 4. The zero-order valence-electron chi connectivity index (χ0n) is 16.6. The van der Waals surface area contributed by atoms with Gasteiger partial charge in [-0.05, 0) is 25.5 Å². The van der Waals surface area contributed by atoms with Crippen LogP contribution in [0, 0.1) is 0 Å². The van der Waals surface area contributed by atoms with Crippen LogP contribution in [0.25, 0.3) is 0 Å². The first-order chi connectivity index (χ1) is 11.8. The highest BCUT2D eigenvalue weighted by molar-refractivity contribution is 5.85. The van der Waals surface area contributed by atoms with Crippen molar-refractivity contribution >= 4 is 36.6 Å². The molecule has 2 saturated heterocycles. The van der Waals surface area contributed by atoms with Crippen molar-refractivity contribution in [2.75, 3.05) is 40.8 Å². The summed E-state index contributed by atoms with van der Waals surface area (Å²) in [6.07, 6.45) is 2.03. The standard InChI is InChI=1S/C15H21N3O.C4H9NO.2ClH/c1-17-9-7-15(8-10-17)16-11-14(19)18(15)12-13-5-3-2-4-6-13;1-4(6)5(2)3;;/h2-6,16H,7-12H2,1H3;1-3H3;2*1H. The summed E-state index contributed by atoms with van der Waals surface area (Å²) >= 11 is 0. The van der Waals surface area contributed by atoms with Gasteiger partial charge in [-0.1, -0.05) is 30.3 Å². The van der Waals surface area contributed by atoms with E-state index in [4.69, 9.17) is 0 Å². The van der Waals surface area contributed by atoms with E-state index in [1.165, 1.54) is 17.4 Å². The third-order valence-corrected chi connectivity index (χ3v) is 5.01. The molecule has 6 nitrogen and oxygen atoms in total. The van der Waals surface area contributed by atoms with E-state index in [0.29, 0.717) is 6.54 Å². The molecule has 3 rings (SSSR count). The molecule has 1 aromatic rings. The van der Waals surface area contributed by atoms with E-state index in [1.54, 1.807) is 14.1 Å². The highest BCUT2D eigenvalue weighted by Crippen LogP contribution is 2.31. The number of nitrogens with one attached hydrogen (secondary N) is 1. The number of piperidine rings is 1. The number of nitrogens with zero attached hydrogens (tertiary/aromatic N) is 3. The van der Waals surface area contributed by atoms with Gasteiger partial charge in [0.05, 0.1) is 12.2 Å². The summed E-state index contributed by atoms with van der Waals surface area (Å²) in [5, 5.41) is 3.46. The molecular weight excluding hydrogens is 387 g/mol. The van der Waals surface area contributed by atoms with Gasteiger partial charge >= 0.3 is 0 Å². The van der Waals surface area contributed by atoms with E-state index >= 15 is 0 Å². The molecule has 0 saturated carbocycles. The smallest absolute Gasteiger partial charge is 0.238 e. The molecule has 0 aromatic heterocycles. The lowest BCUT2D eigenvalue weighted by Gasteiger charge is -2.43.